The Bertz CT molecular complexity index is 1120. The summed E-state index contributed by atoms with van der Waals surface area (Å²) in [7, 11) is 0. The predicted octanol–water partition coefficient (Wildman–Crippen LogP) is 4.62. The van der Waals surface area contributed by atoms with Gasteiger partial charge in [0.15, 0.2) is 5.78 Å². The van der Waals surface area contributed by atoms with Crippen LogP contribution in [0.15, 0.2) is 41.4 Å². The van der Waals surface area contributed by atoms with Crippen LogP contribution in [-0.2, 0) is 0 Å². The van der Waals surface area contributed by atoms with Gasteiger partial charge in [0.1, 0.15) is 11.4 Å². The molecule has 160 valence electrons. The zero-order valence-corrected chi connectivity index (χ0v) is 18.5. The number of hydrogen-bond donors (Lipinski definition) is 0. The van der Waals surface area contributed by atoms with E-state index in [1.54, 1.807) is 17.8 Å². The molecule has 0 spiro atoms. The Morgan fingerprint density at radius 2 is 1.97 bits per heavy atom. The molecule has 2 fully saturated rings. The highest BCUT2D eigenvalue weighted by Crippen LogP contribution is 2.42. The first-order chi connectivity index (χ1) is 15.0. The Hall–Kier alpha value is -2.71. The molecule has 9 heteroatoms. The van der Waals surface area contributed by atoms with Gasteiger partial charge < -0.3 is 9.64 Å². The van der Waals surface area contributed by atoms with Gasteiger partial charge >= 0.3 is 6.03 Å². The number of ketones is 1. The summed E-state index contributed by atoms with van der Waals surface area (Å²) in [5, 5.41) is 6.64. The van der Waals surface area contributed by atoms with Gasteiger partial charge in [-0.3, -0.25) is 4.79 Å². The second-order valence-electron chi connectivity index (χ2n) is 8.11. The molecule has 0 radical (unpaired) electrons. The summed E-state index contributed by atoms with van der Waals surface area (Å²) in [5.74, 6) is 1.30. The first-order valence-electron chi connectivity index (χ1n) is 10.2. The maximum atomic E-state index is 12.7. The fourth-order valence-electron chi connectivity index (χ4n) is 4.58. The van der Waals surface area contributed by atoms with Crippen molar-refractivity contribution in [2.75, 3.05) is 13.1 Å². The van der Waals surface area contributed by atoms with Gasteiger partial charge in [-0.15, -0.1) is 11.3 Å². The molecular weight excluding hydrogens is 436 g/mol. The van der Waals surface area contributed by atoms with Crippen molar-refractivity contribution in [3.8, 4) is 17.0 Å². The zero-order chi connectivity index (χ0) is 21.5. The number of rotatable bonds is 4. The molecule has 2 aliphatic rings. The third kappa shape index (κ3) is 3.85. The van der Waals surface area contributed by atoms with E-state index in [1.165, 1.54) is 22.9 Å². The highest BCUT2D eigenvalue weighted by Gasteiger charge is 2.43. The normalized spacial score (nSPS) is 22.5. The average Bonchev–Trinajstić information content (AvgIpc) is 3.52. The van der Waals surface area contributed by atoms with Gasteiger partial charge in [-0.25, -0.2) is 9.78 Å². The molecule has 0 N–H and O–H groups in total. The lowest BCUT2D eigenvalue weighted by Gasteiger charge is -2.20. The topological polar surface area (TPSA) is 77.3 Å². The van der Waals surface area contributed by atoms with Crippen LogP contribution < -0.4 is 4.74 Å². The number of amides is 1. The minimum Gasteiger partial charge on any atom is -0.489 e. The first kappa shape index (κ1) is 20.2. The van der Waals surface area contributed by atoms with E-state index in [2.05, 4.69) is 10.1 Å². The maximum Gasteiger partial charge on any atom is 0.344 e. The summed E-state index contributed by atoms with van der Waals surface area (Å²) in [6, 6.07) is 7.17. The molecule has 3 atom stereocenters. The van der Waals surface area contributed by atoms with E-state index in [9.17, 15) is 9.59 Å². The van der Waals surface area contributed by atoms with Crippen LogP contribution in [0.5, 0.6) is 5.75 Å². The zero-order valence-electron chi connectivity index (χ0n) is 16.9. The summed E-state index contributed by atoms with van der Waals surface area (Å²) in [6.45, 7) is 2.78. The van der Waals surface area contributed by atoms with Crippen molar-refractivity contribution in [2.45, 2.75) is 25.9 Å². The number of hydrogen-bond acceptors (Lipinski definition) is 6. The van der Waals surface area contributed by atoms with Gasteiger partial charge in [0.05, 0.1) is 22.3 Å². The lowest BCUT2D eigenvalue weighted by Crippen LogP contribution is -2.34. The third-order valence-electron chi connectivity index (χ3n) is 6.09. The van der Waals surface area contributed by atoms with E-state index in [0.717, 1.165) is 24.1 Å². The van der Waals surface area contributed by atoms with Crippen LogP contribution in [0, 0.1) is 11.8 Å². The first-order valence-corrected chi connectivity index (χ1v) is 11.5. The molecule has 31 heavy (non-hydrogen) atoms. The van der Waals surface area contributed by atoms with Crippen LogP contribution in [0.1, 0.15) is 30.3 Å². The maximum absolute atomic E-state index is 12.7. The van der Waals surface area contributed by atoms with Gasteiger partial charge in [0.25, 0.3) is 0 Å². The summed E-state index contributed by atoms with van der Waals surface area (Å²) in [5.41, 5.74) is 3.82. The van der Waals surface area contributed by atoms with Crippen LogP contribution in [-0.4, -0.2) is 50.7 Å². The number of carbonyl (C=O) groups excluding carboxylic acids is 2. The number of benzene rings is 1. The Labute approximate surface area is 188 Å². The fourth-order valence-corrected chi connectivity index (χ4v) is 5.40. The van der Waals surface area contributed by atoms with E-state index < -0.39 is 0 Å². The molecule has 5 rings (SSSR count). The highest BCUT2D eigenvalue weighted by atomic mass is 35.5. The molecule has 1 aliphatic heterocycles. The summed E-state index contributed by atoms with van der Waals surface area (Å²) in [4.78, 5) is 30.3. The van der Waals surface area contributed by atoms with Crippen molar-refractivity contribution < 1.29 is 14.3 Å². The second-order valence-corrected chi connectivity index (χ2v) is 9.21. The number of nitrogens with zero attached hydrogens (tertiary/aromatic N) is 4. The van der Waals surface area contributed by atoms with Gasteiger partial charge in [0, 0.05) is 37.2 Å². The monoisotopic (exact) mass is 456 g/mol. The molecule has 1 amide bonds. The molecule has 7 nitrogen and oxygen atoms in total. The van der Waals surface area contributed by atoms with Crippen molar-refractivity contribution in [2.24, 2.45) is 11.8 Å². The molecule has 2 aromatic heterocycles. The lowest BCUT2D eigenvalue weighted by molar-refractivity contribution is 0.101. The number of carbonyl (C=O) groups is 2. The lowest BCUT2D eigenvalue weighted by atomic mass is 10.0. The molecule has 1 saturated carbocycles. The van der Waals surface area contributed by atoms with Crippen molar-refractivity contribution >= 4 is 34.8 Å². The quantitative estimate of drug-likeness (QED) is 0.535. The minimum absolute atomic E-state index is 0.0736. The Morgan fingerprint density at radius 1 is 1.19 bits per heavy atom. The van der Waals surface area contributed by atoms with Gasteiger partial charge in [-0.2, -0.15) is 9.78 Å². The Morgan fingerprint density at radius 3 is 2.61 bits per heavy atom. The van der Waals surface area contributed by atoms with Crippen molar-refractivity contribution in [1.29, 1.82) is 0 Å². The minimum atomic E-state index is -0.182. The molecule has 3 aromatic rings. The SMILES string of the molecule is CC(=O)c1ccn(C(=O)N2C[C@H]3CC(Oc4cccc(-c5cscn5)c4Cl)C[C@H]3C2)n1. The summed E-state index contributed by atoms with van der Waals surface area (Å²) in [6.07, 6.45) is 3.38. The fraction of sp³-hybridized carbons (Fsp3) is 0.364. The highest BCUT2D eigenvalue weighted by molar-refractivity contribution is 7.07. The number of Topliss-reactive ketones (excluding diaryl/α,β-unsaturated/α-hetero) is 1. The number of likely N-dealkylation sites (tertiary alicyclic amines) is 1. The van der Waals surface area contributed by atoms with Crippen molar-refractivity contribution in [1.82, 2.24) is 19.7 Å². The Kier molecular flexibility index (Phi) is 5.27. The molecule has 1 aromatic carbocycles. The van der Waals surface area contributed by atoms with E-state index in [-0.39, 0.29) is 17.9 Å². The van der Waals surface area contributed by atoms with E-state index in [4.69, 9.17) is 16.3 Å². The van der Waals surface area contributed by atoms with Crippen LogP contribution in [0.2, 0.25) is 5.02 Å². The Balaban J connectivity index is 1.22. The summed E-state index contributed by atoms with van der Waals surface area (Å²) >= 11 is 8.14. The smallest absolute Gasteiger partial charge is 0.344 e. The molecule has 1 unspecified atom stereocenters. The molecule has 0 bridgehead atoms. The van der Waals surface area contributed by atoms with Crippen molar-refractivity contribution in [3.63, 3.8) is 0 Å². The second kappa shape index (κ2) is 8.09. The summed E-state index contributed by atoms with van der Waals surface area (Å²) < 4.78 is 7.54. The van der Waals surface area contributed by atoms with Crippen molar-refractivity contribution in [3.05, 3.63) is 52.1 Å². The average molecular weight is 457 g/mol. The number of aromatic nitrogens is 3. The van der Waals surface area contributed by atoms with Gasteiger partial charge in [-0.05, 0) is 36.8 Å². The molecule has 3 heterocycles. The van der Waals surface area contributed by atoms with Crippen LogP contribution in [0.4, 0.5) is 4.79 Å². The van der Waals surface area contributed by atoms with Crippen LogP contribution in [0.25, 0.3) is 11.3 Å². The number of thiazole rings is 1. The third-order valence-corrected chi connectivity index (χ3v) is 7.07. The molecule has 1 saturated heterocycles. The van der Waals surface area contributed by atoms with Crippen LogP contribution in [0.3, 0.4) is 0 Å². The van der Waals surface area contributed by atoms with Crippen LogP contribution >= 0.6 is 22.9 Å². The molecule has 1 aliphatic carbocycles. The standard InChI is InChI=1S/C22H21ClN4O3S/c1-13(28)18-5-6-27(25-18)22(29)26-9-14-7-16(8-15(14)10-26)30-20-4-2-3-17(21(20)23)19-11-31-12-24-19/h2-6,11-12,14-16H,7-10H2,1H3/t14-,15+,16?. The van der Waals surface area contributed by atoms with E-state index >= 15 is 0 Å². The molecular formula is C22H21ClN4O3S. The number of fused-ring (bicyclic) bond motifs is 1. The van der Waals surface area contributed by atoms with E-state index in [1.807, 2.05) is 28.5 Å². The predicted molar refractivity (Wildman–Crippen MR) is 118 cm³/mol. The van der Waals surface area contributed by atoms with E-state index in [0.29, 0.717) is 41.4 Å². The number of ether oxygens (including phenoxy) is 1. The van der Waals surface area contributed by atoms with Gasteiger partial charge in [-0.1, -0.05) is 23.7 Å². The largest absolute Gasteiger partial charge is 0.489 e. The van der Waals surface area contributed by atoms with Gasteiger partial charge in [0.2, 0.25) is 0 Å². The number of halogens is 1.